The first-order valence-electron chi connectivity index (χ1n) is 8.04. The fourth-order valence-corrected chi connectivity index (χ4v) is 3.91. The molecular formula is C19H17ClF3N3OS. The molecule has 0 N–H and O–H groups in total. The van der Waals surface area contributed by atoms with Crippen LogP contribution in [0.5, 0.6) is 0 Å². The second-order valence-corrected chi connectivity index (χ2v) is 9.56. The molecule has 0 aliphatic carbocycles. The average molecular weight is 428 g/mol. The van der Waals surface area contributed by atoms with Gasteiger partial charge in [0.2, 0.25) is 5.89 Å². The Morgan fingerprint density at radius 3 is 2.46 bits per heavy atom. The highest BCUT2D eigenvalue weighted by Crippen LogP contribution is 2.36. The molecule has 0 unspecified atom stereocenters. The monoisotopic (exact) mass is 427 g/mol. The van der Waals surface area contributed by atoms with E-state index in [1.165, 1.54) is 18.2 Å². The van der Waals surface area contributed by atoms with E-state index in [1.807, 2.05) is 22.7 Å². The third-order valence-electron chi connectivity index (χ3n) is 3.89. The molecule has 1 heterocycles. The number of hydrogen-bond acceptors (Lipinski definition) is 4. The zero-order chi connectivity index (χ0) is 20.5. The van der Waals surface area contributed by atoms with Gasteiger partial charge in [0.15, 0.2) is 0 Å². The predicted octanol–water partition coefficient (Wildman–Crippen LogP) is 5.69. The Morgan fingerprint density at radius 2 is 1.89 bits per heavy atom. The van der Waals surface area contributed by atoms with Crippen molar-refractivity contribution < 1.29 is 17.6 Å². The quantitative estimate of drug-likeness (QED) is 0.474. The molecule has 1 aromatic heterocycles. The van der Waals surface area contributed by atoms with Crippen molar-refractivity contribution in [2.24, 2.45) is 0 Å². The van der Waals surface area contributed by atoms with Crippen molar-refractivity contribution in [3.05, 3.63) is 64.8 Å². The minimum Gasteiger partial charge on any atom is -0.415 e. The maximum atomic E-state index is 14.7. The molecule has 0 atom stereocenters. The Bertz CT molecular complexity index is 1100. The van der Waals surface area contributed by atoms with Crippen molar-refractivity contribution in [1.29, 1.82) is 0 Å². The van der Waals surface area contributed by atoms with Gasteiger partial charge < -0.3 is 8.72 Å². The Kier molecular flexibility index (Phi) is 5.71. The van der Waals surface area contributed by atoms with Crippen LogP contribution in [0, 0.1) is 5.82 Å². The number of para-hydroxylation sites is 1. The summed E-state index contributed by atoms with van der Waals surface area (Å²) >= 11 is 6.30. The van der Waals surface area contributed by atoms with Crippen LogP contribution >= 0.6 is 21.0 Å². The number of rotatable bonds is 6. The largest absolute Gasteiger partial charge is 0.415 e. The summed E-state index contributed by atoms with van der Waals surface area (Å²) in [5.41, 5.74) is 1.28. The van der Waals surface area contributed by atoms with Crippen LogP contribution in [0.4, 0.5) is 18.9 Å². The lowest BCUT2D eigenvalue weighted by molar-refractivity contribution is 0.116. The lowest BCUT2D eigenvalue weighted by atomic mass is 10.1. The summed E-state index contributed by atoms with van der Waals surface area (Å²) in [5, 5.41) is 7.29. The lowest BCUT2D eigenvalue weighted by Crippen LogP contribution is -2.19. The van der Waals surface area contributed by atoms with Crippen LogP contribution in [-0.2, 0) is 6.54 Å². The maximum absolute atomic E-state index is 14.7. The third-order valence-corrected chi connectivity index (χ3v) is 5.60. The summed E-state index contributed by atoms with van der Waals surface area (Å²) < 4.78 is 46.6. The molecule has 3 aromatic rings. The molecular weight excluding hydrogens is 411 g/mol. The van der Waals surface area contributed by atoms with Gasteiger partial charge in [-0.3, -0.25) is 0 Å². The number of alkyl halides is 2. The van der Waals surface area contributed by atoms with Crippen LogP contribution in [0.3, 0.4) is 0 Å². The predicted molar refractivity (Wildman–Crippen MR) is 110 cm³/mol. The van der Waals surface area contributed by atoms with Crippen LogP contribution in [0.2, 0.25) is 5.02 Å². The number of aromatic nitrogens is 2. The van der Waals surface area contributed by atoms with Crippen LogP contribution < -0.4 is 4.31 Å². The summed E-state index contributed by atoms with van der Waals surface area (Å²) in [6.07, 6.45) is -1.02. The van der Waals surface area contributed by atoms with E-state index in [0.717, 1.165) is 0 Å². The average Bonchev–Trinajstić information content (AvgIpc) is 3.11. The molecule has 148 valence electrons. The van der Waals surface area contributed by atoms with Gasteiger partial charge in [0, 0.05) is 11.1 Å². The highest BCUT2D eigenvalue weighted by molar-refractivity contribution is 8.28. The molecule has 28 heavy (non-hydrogen) atoms. The molecule has 0 amide bonds. The highest BCUT2D eigenvalue weighted by Gasteiger charge is 2.19. The minimum absolute atomic E-state index is 0.173. The molecule has 0 saturated carbocycles. The fourth-order valence-electron chi connectivity index (χ4n) is 2.54. The second-order valence-electron chi connectivity index (χ2n) is 6.26. The number of nitrogens with zero attached hydrogens (tertiary/aromatic N) is 3. The zero-order valence-electron chi connectivity index (χ0n) is 14.9. The number of hydrogen-bond donors (Lipinski definition) is 0. The zero-order valence-corrected chi connectivity index (χ0v) is 16.5. The fraction of sp³-hybridized carbons (Fsp3) is 0.158. The van der Waals surface area contributed by atoms with Gasteiger partial charge in [-0.15, -0.1) is 19.6 Å². The van der Waals surface area contributed by atoms with Crippen LogP contribution in [-0.4, -0.2) is 28.2 Å². The van der Waals surface area contributed by atoms with Crippen molar-refractivity contribution in [3.63, 3.8) is 0 Å². The smallest absolute Gasteiger partial charge is 0.314 e. The van der Waals surface area contributed by atoms with Crippen molar-refractivity contribution >= 4 is 38.4 Å². The van der Waals surface area contributed by atoms with Crippen LogP contribution in [0.15, 0.2) is 46.9 Å². The van der Waals surface area contributed by atoms with Crippen molar-refractivity contribution in [3.8, 4) is 11.5 Å². The Balaban J connectivity index is 1.93. The Labute approximate surface area is 166 Å². The summed E-state index contributed by atoms with van der Waals surface area (Å²) in [4.78, 5) is 0. The molecule has 0 aliphatic rings. The molecule has 0 radical (unpaired) electrons. The Hall–Kier alpha value is -2.45. The first-order chi connectivity index (χ1) is 13.2. The summed E-state index contributed by atoms with van der Waals surface area (Å²) in [6, 6.07) is 11.4. The Morgan fingerprint density at radius 1 is 1.18 bits per heavy atom. The van der Waals surface area contributed by atoms with Gasteiger partial charge in [0.05, 0.1) is 17.3 Å². The molecule has 9 heteroatoms. The summed E-state index contributed by atoms with van der Waals surface area (Å²) in [5.74, 6) is 6.70. The molecule has 0 aliphatic heterocycles. The second kappa shape index (κ2) is 7.89. The van der Waals surface area contributed by atoms with E-state index < -0.39 is 27.5 Å². The van der Waals surface area contributed by atoms with E-state index in [9.17, 15) is 13.2 Å². The summed E-state index contributed by atoms with van der Waals surface area (Å²) in [6.45, 7) is 0.181. The first kappa shape index (κ1) is 20.3. The minimum atomic E-state index is -2.88. The van der Waals surface area contributed by atoms with E-state index in [4.69, 9.17) is 16.0 Å². The molecule has 0 saturated heterocycles. The van der Waals surface area contributed by atoms with Gasteiger partial charge in [-0.2, -0.15) is 8.78 Å². The van der Waals surface area contributed by atoms with Gasteiger partial charge in [-0.05, 0) is 30.5 Å². The first-order valence-corrected chi connectivity index (χ1v) is 10.7. The molecule has 0 spiro atoms. The molecule has 0 fully saturated rings. The van der Waals surface area contributed by atoms with E-state index in [2.05, 4.69) is 21.9 Å². The van der Waals surface area contributed by atoms with Crippen LogP contribution in [0.1, 0.15) is 17.9 Å². The van der Waals surface area contributed by atoms with Crippen molar-refractivity contribution in [2.75, 3.05) is 10.6 Å². The normalized spacial score (nSPS) is 11.8. The van der Waals surface area contributed by atoms with E-state index in [1.54, 1.807) is 12.1 Å². The van der Waals surface area contributed by atoms with Crippen LogP contribution in [0.25, 0.3) is 11.5 Å². The highest BCUT2D eigenvalue weighted by atomic mass is 35.5. The lowest BCUT2D eigenvalue weighted by Gasteiger charge is -2.31. The number of benzene rings is 2. The third kappa shape index (κ3) is 4.34. The van der Waals surface area contributed by atoms with Gasteiger partial charge >= 0.3 is 6.43 Å². The van der Waals surface area contributed by atoms with Crippen molar-refractivity contribution in [1.82, 2.24) is 10.2 Å². The van der Waals surface area contributed by atoms with E-state index >= 15 is 0 Å². The standard InChI is InChI=1S/C19H17ClF3N3OS/c1-28(2,3)26(16-7-5-4-6-14(16)20)11-13-9-8-12(10-15(13)21)18-24-25-19(27-18)17(22)23/h4-10,17H,1-2,11H2,3H3. The van der Waals surface area contributed by atoms with E-state index in [-0.39, 0.29) is 18.0 Å². The van der Waals surface area contributed by atoms with Gasteiger partial charge in [-0.25, -0.2) is 4.39 Å². The number of halogens is 4. The van der Waals surface area contributed by atoms with E-state index in [0.29, 0.717) is 16.3 Å². The number of anilines is 1. The molecule has 3 rings (SSSR count). The molecule has 4 nitrogen and oxygen atoms in total. The van der Waals surface area contributed by atoms with Gasteiger partial charge in [-0.1, -0.05) is 41.5 Å². The molecule has 2 aromatic carbocycles. The summed E-state index contributed by atoms with van der Waals surface area (Å²) in [7, 11) is -1.77. The SMILES string of the molecule is C=S(=C)(C)N(Cc1ccc(-c2nnc(C(F)F)o2)cc1F)c1ccccc1Cl. The molecule has 0 bridgehead atoms. The van der Waals surface area contributed by atoms with Gasteiger partial charge in [0.1, 0.15) is 5.82 Å². The topological polar surface area (TPSA) is 42.2 Å². The maximum Gasteiger partial charge on any atom is 0.314 e. The van der Waals surface area contributed by atoms with Gasteiger partial charge in [0.25, 0.3) is 5.89 Å². The van der Waals surface area contributed by atoms with Crippen molar-refractivity contribution in [2.45, 2.75) is 13.0 Å².